The van der Waals surface area contributed by atoms with Crippen LogP contribution in [0.4, 0.5) is 4.39 Å². The van der Waals surface area contributed by atoms with E-state index in [2.05, 4.69) is 15.1 Å². The molecular weight excluding hydrogens is 321 g/mol. The van der Waals surface area contributed by atoms with Crippen LogP contribution in [0, 0.1) is 12.7 Å². The molecule has 25 heavy (non-hydrogen) atoms. The van der Waals surface area contributed by atoms with E-state index in [1.165, 1.54) is 25.6 Å². The van der Waals surface area contributed by atoms with Crippen molar-refractivity contribution in [1.29, 1.82) is 0 Å². The molecule has 2 heterocycles. The maximum Gasteiger partial charge on any atom is 0.175 e. The number of nitrogens with zero attached hydrogens (tertiary/aromatic N) is 3. The summed E-state index contributed by atoms with van der Waals surface area (Å²) < 4.78 is 24.4. The molecule has 0 aliphatic carbocycles. The number of hydrogen-bond acceptors (Lipinski definition) is 5. The Hall–Kier alpha value is -3.28. The van der Waals surface area contributed by atoms with Gasteiger partial charge in [0, 0.05) is 34.6 Å². The number of aryl methyl sites for hydroxylation is 1. The molecule has 0 spiro atoms. The van der Waals surface area contributed by atoms with Crippen LogP contribution in [0.3, 0.4) is 0 Å². The van der Waals surface area contributed by atoms with Crippen LogP contribution in [0.15, 0.2) is 53.4 Å². The number of fused-ring (bicyclic) bond motifs is 1. The smallest absolute Gasteiger partial charge is 0.175 e. The van der Waals surface area contributed by atoms with Gasteiger partial charge in [0.15, 0.2) is 5.58 Å². The molecule has 2 aromatic heterocycles. The SMILES string of the molecule is COc1cc(F)ccc1-c1noc2c(-c3cncnc3C)cccc12. The fraction of sp³-hybridized carbons (Fsp3) is 0.105. The van der Waals surface area contributed by atoms with Gasteiger partial charge in [-0.3, -0.25) is 0 Å². The van der Waals surface area contributed by atoms with Gasteiger partial charge in [-0.15, -0.1) is 0 Å². The number of rotatable bonds is 3. The van der Waals surface area contributed by atoms with Crippen molar-refractivity contribution in [1.82, 2.24) is 15.1 Å². The number of halogens is 1. The van der Waals surface area contributed by atoms with Crippen molar-refractivity contribution in [3.63, 3.8) is 0 Å². The minimum Gasteiger partial charge on any atom is -0.496 e. The van der Waals surface area contributed by atoms with E-state index < -0.39 is 0 Å². The van der Waals surface area contributed by atoms with Gasteiger partial charge in [0.05, 0.1) is 12.5 Å². The van der Waals surface area contributed by atoms with E-state index in [1.54, 1.807) is 12.3 Å². The van der Waals surface area contributed by atoms with Crippen LogP contribution in [0.2, 0.25) is 0 Å². The molecule has 0 atom stereocenters. The normalized spacial score (nSPS) is 11.0. The third-order valence-corrected chi connectivity index (χ3v) is 4.12. The maximum atomic E-state index is 13.5. The summed E-state index contributed by atoms with van der Waals surface area (Å²) in [5, 5.41) is 5.01. The number of aromatic nitrogens is 3. The zero-order chi connectivity index (χ0) is 17.4. The lowest BCUT2D eigenvalue weighted by Crippen LogP contribution is -1.90. The van der Waals surface area contributed by atoms with Crippen LogP contribution in [-0.4, -0.2) is 22.2 Å². The summed E-state index contributed by atoms with van der Waals surface area (Å²) in [4.78, 5) is 8.33. The number of methoxy groups -OCH3 is 1. The quantitative estimate of drug-likeness (QED) is 0.555. The van der Waals surface area contributed by atoms with Gasteiger partial charge in [0.25, 0.3) is 0 Å². The molecule has 2 aromatic carbocycles. The molecule has 0 amide bonds. The van der Waals surface area contributed by atoms with Crippen LogP contribution in [-0.2, 0) is 0 Å². The molecule has 0 bridgehead atoms. The first-order valence-corrected chi connectivity index (χ1v) is 7.68. The second-order valence-corrected chi connectivity index (χ2v) is 5.58. The molecule has 0 unspecified atom stereocenters. The number of ether oxygens (including phenoxy) is 1. The highest BCUT2D eigenvalue weighted by atomic mass is 19.1. The van der Waals surface area contributed by atoms with E-state index in [9.17, 15) is 4.39 Å². The van der Waals surface area contributed by atoms with Crippen molar-refractivity contribution < 1.29 is 13.7 Å². The van der Waals surface area contributed by atoms with E-state index in [0.29, 0.717) is 22.6 Å². The Bertz CT molecular complexity index is 1080. The second-order valence-electron chi connectivity index (χ2n) is 5.58. The molecule has 0 radical (unpaired) electrons. The van der Waals surface area contributed by atoms with Crippen molar-refractivity contribution in [2.24, 2.45) is 0 Å². The van der Waals surface area contributed by atoms with Crippen molar-refractivity contribution >= 4 is 11.0 Å². The molecule has 0 fully saturated rings. The number of benzene rings is 2. The molecule has 4 rings (SSSR count). The third-order valence-electron chi connectivity index (χ3n) is 4.12. The van der Waals surface area contributed by atoms with Gasteiger partial charge in [0.2, 0.25) is 0 Å². The highest BCUT2D eigenvalue weighted by Gasteiger charge is 2.18. The zero-order valence-electron chi connectivity index (χ0n) is 13.7. The Balaban J connectivity index is 1.96. The largest absolute Gasteiger partial charge is 0.496 e. The van der Waals surface area contributed by atoms with Crippen LogP contribution >= 0.6 is 0 Å². The van der Waals surface area contributed by atoms with Crippen molar-refractivity contribution in [3.05, 3.63) is 60.4 Å². The van der Waals surface area contributed by atoms with Gasteiger partial charge in [-0.05, 0) is 25.1 Å². The van der Waals surface area contributed by atoms with Crippen molar-refractivity contribution in [3.8, 4) is 28.1 Å². The Kier molecular flexibility index (Phi) is 3.65. The summed E-state index contributed by atoms with van der Waals surface area (Å²) in [5.41, 5.74) is 4.47. The van der Waals surface area contributed by atoms with Crippen molar-refractivity contribution in [2.75, 3.05) is 7.11 Å². The first-order chi connectivity index (χ1) is 12.2. The molecule has 124 valence electrons. The molecule has 5 nitrogen and oxygen atoms in total. The first kappa shape index (κ1) is 15.3. The Morgan fingerprint density at radius 2 is 1.96 bits per heavy atom. The monoisotopic (exact) mass is 335 g/mol. The molecule has 6 heteroatoms. The van der Waals surface area contributed by atoms with E-state index in [4.69, 9.17) is 9.26 Å². The van der Waals surface area contributed by atoms with E-state index in [1.807, 2.05) is 25.1 Å². The average Bonchev–Trinajstić information content (AvgIpc) is 3.06. The molecule has 0 N–H and O–H groups in total. The van der Waals surface area contributed by atoms with Gasteiger partial charge in [-0.2, -0.15) is 0 Å². The number of hydrogen-bond donors (Lipinski definition) is 0. The summed E-state index contributed by atoms with van der Waals surface area (Å²) >= 11 is 0. The molecule has 0 aliphatic rings. The van der Waals surface area contributed by atoms with Crippen LogP contribution in [0.5, 0.6) is 5.75 Å². The molecule has 0 saturated carbocycles. The molecule has 0 saturated heterocycles. The summed E-state index contributed by atoms with van der Waals surface area (Å²) in [5.74, 6) is 0.0333. The summed E-state index contributed by atoms with van der Waals surface area (Å²) in [6.45, 7) is 1.91. The predicted molar refractivity (Wildman–Crippen MR) is 91.7 cm³/mol. The average molecular weight is 335 g/mol. The van der Waals surface area contributed by atoms with Crippen molar-refractivity contribution in [2.45, 2.75) is 6.92 Å². The highest BCUT2D eigenvalue weighted by Crippen LogP contribution is 2.38. The van der Waals surface area contributed by atoms with Gasteiger partial charge in [-0.25, -0.2) is 14.4 Å². The van der Waals surface area contributed by atoms with E-state index >= 15 is 0 Å². The second kappa shape index (κ2) is 5.98. The van der Waals surface area contributed by atoms with Crippen LogP contribution in [0.1, 0.15) is 5.69 Å². The fourth-order valence-corrected chi connectivity index (χ4v) is 2.88. The van der Waals surface area contributed by atoms with E-state index in [0.717, 1.165) is 22.2 Å². The minimum absolute atomic E-state index is 0.369. The van der Waals surface area contributed by atoms with Crippen LogP contribution in [0.25, 0.3) is 33.4 Å². The minimum atomic E-state index is -0.369. The molecular formula is C19H14FN3O2. The topological polar surface area (TPSA) is 61.0 Å². The summed E-state index contributed by atoms with van der Waals surface area (Å²) in [6.07, 6.45) is 3.26. The lowest BCUT2D eigenvalue weighted by molar-refractivity contribution is 0.411. The highest BCUT2D eigenvalue weighted by molar-refractivity contribution is 6.00. The predicted octanol–water partition coefficient (Wildman–Crippen LogP) is 4.41. The zero-order valence-corrected chi connectivity index (χ0v) is 13.7. The fourth-order valence-electron chi connectivity index (χ4n) is 2.88. The van der Waals surface area contributed by atoms with Gasteiger partial charge < -0.3 is 9.26 Å². The lowest BCUT2D eigenvalue weighted by Gasteiger charge is -2.07. The Morgan fingerprint density at radius 1 is 1.08 bits per heavy atom. The summed E-state index contributed by atoms with van der Waals surface area (Å²) in [6, 6.07) is 10.1. The maximum absolute atomic E-state index is 13.5. The Labute approximate surface area is 143 Å². The van der Waals surface area contributed by atoms with E-state index in [-0.39, 0.29) is 5.82 Å². The molecule has 4 aromatic rings. The Morgan fingerprint density at radius 3 is 2.76 bits per heavy atom. The van der Waals surface area contributed by atoms with Gasteiger partial charge >= 0.3 is 0 Å². The third kappa shape index (κ3) is 2.52. The molecule has 0 aliphatic heterocycles. The standard InChI is InChI=1S/C19H14FN3O2/c1-11-16(9-21-10-22-11)13-4-3-5-15-18(23-25-19(13)15)14-7-6-12(20)8-17(14)24-2/h3-10H,1-2H3. The van der Waals surface area contributed by atoms with Gasteiger partial charge in [-0.1, -0.05) is 17.3 Å². The van der Waals surface area contributed by atoms with Gasteiger partial charge in [0.1, 0.15) is 23.6 Å². The summed E-state index contributed by atoms with van der Waals surface area (Å²) in [7, 11) is 1.50. The number of para-hydroxylation sites is 1. The van der Waals surface area contributed by atoms with Crippen LogP contribution < -0.4 is 4.74 Å². The first-order valence-electron chi connectivity index (χ1n) is 7.68. The lowest BCUT2D eigenvalue weighted by atomic mass is 10.0.